The smallest absolute Gasteiger partial charge is 0.326 e. The van der Waals surface area contributed by atoms with E-state index < -0.39 is 23.5 Å². The van der Waals surface area contributed by atoms with Crippen molar-refractivity contribution >= 4 is 17.4 Å². The first kappa shape index (κ1) is 26.3. The standard InChI is InChI=1S/C29H24F4N4O2/c30-23-15-21(12-13-22(23)29(31,32)33)37-26(20-7-4-14-34-17-20)16-25(36-37)28(39)19-6-3-9-27(38)35-24-8-2-1-5-18(24)10-11-19/h1-2,4-5,7-8,12-17,19H,3,6,9-11H2,(H,35,38). The maximum absolute atomic E-state index is 14.5. The number of hydrogen-bond acceptors (Lipinski definition) is 4. The van der Waals surface area contributed by atoms with Crippen LogP contribution in [0.3, 0.4) is 0 Å². The van der Waals surface area contributed by atoms with E-state index in [9.17, 15) is 27.2 Å². The largest absolute Gasteiger partial charge is 0.419 e. The fourth-order valence-electron chi connectivity index (χ4n) is 4.81. The maximum atomic E-state index is 14.5. The molecule has 0 aliphatic carbocycles. The molecule has 1 N–H and O–H groups in total. The lowest BCUT2D eigenvalue weighted by molar-refractivity contribution is -0.140. The summed E-state index contributed by atoms with van der Waals surface area (Å²) < 4.78 is 55.1. The summed E-state index contributed by atoms with van der Waals surface area (Å²) in [5, 5.41) is 7.36. The van der Waals surface area contributed by atoms with Crippen LogP contribution in [0, 0.1) is 11.7 Å². The third kappa shape index (κ3) is 5.74. The Labute approximate surface area is 221 Å². The summed E-state index contributed by atoms with van der Waals surface area (Å²) in [6, 6.07) is 14.9. The number of pyridine rings is 1. The van der Waals surface area contributed by atoms with Crippen molar-refractivity contribution in [2.45, 2.75) is 38.3 Å². The number of alkyl halides is 3. The van der Waals surface area contributed by atoms with E-state index in [0.717, 1.165) is 23.4 Å². The minimum absolute atomic E-state index is 0.0370. The third-order valence-corrected chi connectivity index (χ3v) is 6.80. The normalized spacial score (nSPS) is 16.3. The summed E-state index contributed by atoms with van der Waals surface area (Å²) in [5.74, 6) is -2.24. The average molecular weight is 537 g/mol. The van der Waals surface area contributed by atoms with Crippen LogP contribution in [0.5, 0.6) is 0 Å². The van der Waals surface area contributed by atoms with E-state index in [1.807, 2.05) is 24.3 Å². The van der Waals surface area contributed by atoms with Gasteiger partial charge in [-0.25, -0.2) is 9.07 Å². The van der Waals surface area contributed by atoms with Crippen LogP contribution in [0.25, 0.3) is 16.9 Å². The van der Waals surface area contributed by atoms with Gasteiger partial charge in [0, 0.05) is 42.0 Å². The summed E-state index contributed by atoms with van der Waals surface area (Å²) >= 11 is 0. The van der Waals surface area contributed by atoms with Gasteiger partial charge in [-0.1, -0.05) is 18.2 Å². The van der Waals surface area contributed by atoms with Crippen LogP contribution >= 0.6 is 0 Å². The van der Waals surface area contributed by atoms with Crippen LogP contribution in [0.4, 0.5) is 23.2 Å². The summed E-state index contributed by atoms with van der Waals surface area (Å²) in [5.41, 5.74) is 1.35. The van der Waals surface area contributed by atoms with Crippen molar-refractivity contribution in [1.82, 2.24) is 14.8 Å². The van der Waals surface area contributed by atoms with Gasteiger partial charge in [-0.2, -0.15) is 18.3 Å². The summed E-state index contributed by atoms with van der Waals surface area (Å²) in [7, 11) is 0. The summed E-state index contributed by atoms with van der Waals surface area (Å²) in [4.78, 5) is 30.2. The van der Waals surface area contributed by atoms with E-state index in [4.69, 9.17) is 0 Å². The van der Waals surface area contributed by atoms with Crippen LogP contribution in [0.15, 0.2) is 73.1 Å². The molecule has 39 heavy (non-hydrogen) atoms. The molecular formula is C29H24F4N4O2. The molecule has 1 atom stereocenters. The number of ketones is 1. The number of benzene rings is 2. The molecule has 10 heteroatoms. The van der Waals surface area contributed by atoms with Crippen molar-refractivity contribution in [3.05, 3.63) is 95.7 Å². The molecule has 0 bridgehead atoms. The number of aryl methyl sites for hydroxylation is 1. The molecule has 0 radical (unpaired) electrons. The average Bonchev–Trinajstić information content (AvgIpc) is 3.36. The lowest BCUT2D eigenvalue weighted by Crippen LogP contribution is -2.20. The number of fused-ring (bicyclic) bond motifs is 1. The van der Waals surface area contributed by atoms with Crippen molar-refractivity contribution in [2.24, 2.45) is 5.92 Å². The number of amides is 1. The minimum Gasteiger partial charge on any atom is -0.326 e. The lowest BCUT2D eigenvalue weighted by Gasteiger charge is -2.18. The van der Waals surface area contributed by atoms with E-state index in [0.29, 0.717) is 43.0 Å². The predicted molar refractivity (Wildman–Crippen MR) is 137 cm³/mol. The number of aromatic nitrogens is 3. The molecule has 2 aromatic heterocycles. The van der Waals surface area contributed by atoms with Gasteiger partial charge in [-0.15, -0.1) is 0 Å². The van der Waals surface area contributed by atoms with Crippen LogP contribution in [-0.2, 0) is 17.4 Å². The zero-order chi connectivity index (χ0) is 27.6. The molecule has 0 saturated carbocycles. The van der Waals surface area contributed by atoms with Crippen LogP contribution in [0.1, 0.15) is 47.3 Å². The Balaban J connectivity index is 1.51. The minimum atomic E-state index is -4.84. The molecular weight excluding hydrogens is 512 g/mol. The molecule has 1 unspecified atom stereocenters. The third-order valence-electron chi connectivity index (χ3n) is 6.80. The van der Waals surface area contributed by atoms with Gasteiger partial charge < -0.3 is 5.32 Å². The zero-order valence-corrected chi connectivity index (χ0v) is 20.7. The molecule has 3 heterocycles. The highest BCUT2D eigenvalue weighted by Gasteiger charge is 2.34. The second-order valence-electron chi connectivity index (χ2n) is 9.43. The number of para-hydroxylation sites is 1. The van der Waals surface area contributed by atoms with E-state index >= 15 is 0 Å². The predicted octanol–water partition coefficient (Wildman–Crippen LogP) is 6.65. The van der Waals surface area contributed by atoms with Crippen molar-refractivity contribution in [3.8, 4) is 16.9 Å². The van der Waals surface area contributed by atoms with Gasteiger partial charge in [0.1, 0.15) is 11.5 Å². The van der Waals surface area contributed by atoms with Crippen LogP contribution < -0.4 is 5.32 Å². The molecule has 4 aromatic rings. The number of halogens is 4. The molecule has 6 nitrogen and oxygen atoms in total. The van der Waals surface area contributed by atoms with Gasteiger partial charge in [0.2, 0.25) is 5.91 Å². The van der Waals surface area contributed by atoms with E-state index in [1.165, 1.54) is 10.9 Å². The second-order valence-corrected chi connectivity index (χ2v) is 9.43. The van der Waals surface area contributed by atoms with Gasteiger partial charge >= 0.3 is 6.18 Å². The number of hydrogen-bond donors (Lipinski definition) is 1. The molecule has 0 spiro atoms. The van der Waals surface area contributed by atoms with E-state index in [2.05, 4.69) is 15.4 Å². The SMILES string of the molecule is O=C1CCCC(C(=O)c2cc(-c3cccnc3)n(-c3ccc(C(F)(F)F)c(F)c3)n2)CCc2ccccc2N1. The van der Waals surface area contributed by atoms with E-state index in [-0.39, 0.29) is 29.5 Å². The number of nitrogens with one attached hydrogen (secondary N) is 1. The topological polar surface area (TPSA) is 76.9 Å². The Morgan fingerprint density at radius 3 is 2.56 bits per heavy atom. The van der Waals surface area contributed by atoms with Gasteiger partial charge in [0.05, 0.1) is 16.9 Å². The van der Waals surface area contributed by atoms with Gasteiger partial charge in [0.15, 0.2) is 5.78 Å². The fourth-order valence-corrected chi connectivity index (χ4v) is 4.81. The van der Waals surface area contributed by atoms with Crippen molar-refractivity contribution in [1.29, 1.82) is 0 Å². The first-order valence-corrected chi connectivity index (χ1v) is 12.5. The Bertz CT molecular complexity index is 1520. The monoisotopic (exact) mass is 536 g/mol. The maximum Gasteiger partial charge on any atom is 0.419 e. The zero-order valence-electron chi connectivity index (χ0n) is 20.7. The second kappa shape index (κ2) is 10.8. The number of rotatable bonds is 4. The molecule has 1 aliphatic rings. The Kier molecular flexibility index (Phi) is 7.28. The van der Waals surface area contributed by atoms with Gasteiger partial charge in [-0.3, -0.25) is 14.6 Å². The lowest BCUT2D eigenvalue weighted by atomic mass is 9.88. The number of nitrogens with zero attached hydrogens (tertiary/aromatic N) is 3. The quantitative estimate of drug-likeness (QED) is 0.234. The van der Waals surface area contributed by atoms with Crippen molar-refractivity contribution in [2.75, 3.05) is 5.32 Å². The number of carbonyl (C=O) groups is 2. The van der Waals surface area contributed by atoms with Crippen LogP contribution in [0.2, 0.25) is 0 Å². The highest BCUT2D eigenvalue weighted by Crippen LogP contribution is 2.34. The Hall–Kier alpha value is -4.34. The summed E-state index contributed by atoms with van der Waals surface area (Å²) in [6.07, 6.45) is 0.568. The van der Waals surface area contributed by atoms with E-state index in [1.54, 1.807) is 24.4 Å². The first-order chi connectivity index (χ1) is 18.7. The number of anilines is 1. The molecule has 1 amide bonds. The summed E-state index contributed by atoms with van der Waals surface area (Å²) in [6.45, 7) is 0. The molecule has 2 aromatic carbocycles. The molecule has 0 fully saturated rings. The Morgan fingerprint density at radius 1 is 1.00 bits per heavy atom. The highest BCUT2D eigenvalue weighted by molar-refractivity contribution is 5.97. The van der Waals surface area contributed by atoms with Crippen molar-refractivity contribution in [3.63, 3.8) is 0 Å². The van der Waals surface area contributed by atoms with Gasteiger partial charge in [-0.05, 0) is 67.6 Å². The van der Waals surface area contributed by atoms with Crippen LogP contribution in [-0.4, -0.2) is 26.5 Å². The highest BCUT2D eigenvalue weighted by atomic mass is 19.4. The molecule has 200 valence electrons. The molecule has 0 saturated heterocycles. The Morgan fingerprint density at radius 2 is 1.82 bits per heavy atom. The number of Topliss-reactive ketones (excluding diaryl/α,β-unsaturated/α-hetero) is 1. The molecule has 5 rings (SSSR count). The number of carbonyl (C=O) groups excluding carboxylic acids is 2. The van der Waals surface area contributed by atoms with Crippen molar-refractivity contribution < 1.29 is 27.2 Å². The fraction of sp³-hybridized carbons (Fsp3) is 0.241. The first-order valence-electron chi connectivity index (χ1n) is 12.5. The molecule has 1 aliphatic heterocycles. The van der Waals surface area contributed by atoms with Gasteiger partial charge in [0.25, 0.3) is 0 Å².